The van der Waals surface area contributed by atoms with Crippen LogP contribution >= 0.6 is 11.6 Å². The highest BCUT2D eigenvalue weighted by atomic mass is 35.5. The van der Waals surface area contributed by atoms with Crippen molar-refractivity contribution in [2.45, 2.75) is 19.4 Å². The summed E-state index contributed by atoms with van der Waals surface area (Å²) in [4.78, 5) is 29.7. The molecular formula is C19H20ClN3O3. The monoisotopic (exact) mass is 373 g/mol. The molecule has 26 heavy (non-hydrogen) atoms. The van der Waals surface area contributed by atoms with Crippen LogP contribution in [-0.2, 0) is 11.3 Å². The number of carboxylic acid groups (broad SMARTS) is 1. The molecule has 0 spiro atoms. The Hall–Kier alpha value is -2.44. The van der Waals surface area contributed by atoms with Gasteiger partial charge in [-0.1, -0.05) is 11.6 Å². The largest absolute Gasteiger partial charge is 0.481 e. The van der Waals surface area contributed by atoms with Crippen molar-refractivity contribution in [2.24, 2.45) is 5.92 Å². The molecule has 2 N–H and O–H groups in total. The van der Waals surface area contributed by atoms with Gasteiger partial charge in [0, 0.05) is 23.3 Å². The van der Waals surface area contributed by atoms with Crippen molar-refractivity contribution in [1.82, 2.24) is 9.88 Å². The Morgan fingerprint density at radius 2 is 1.88 bits per heavy atom. The van der Waals surface area contributed by atoms with E-state index in [0.29, 0.717) is 35.7 Å². The molecule has 3 rings (SSSR count). The third-order valence-corrected chi connectivity index (χ3v) is 4.75. The molecule has 1 aliphatic heterocycles. The van der Waals surface area contributed by atoms with Crippen molar-refractivity contribution >= 4 is 29.2 Å². The minimum Gasteiger partial charge on any atom is -0.481 e. The molecule has 136 valence electrons. The lowest BCUT2D eigenvalue weighted by atomic mass is 9.97. The minimum absolute atomic E-state index is 0.220. The van der Waals surface area contributed by atoms with E-state index in [1.165, 1.54) is 0 Å². The van der Waals surface area contributed by atoms with Gasteiger partial charge in [0.2, 0.25) is 0 Å². The number of rotatable bonds is 5. The highest BCUT2D eigenvalue weighted by Crippen LogP contribution is 2.20. The summed E-state index contributed by atoms with van der Waals surface area (Å²) >= 11 is 5.84. The Morgan fingerprint density at radius 1 is 1.19 bits per heavy atom. The summed E-state index contributed by atoms with van der Waals surface area (Å²) in [5.74, 6) is -1.17. The zero-order valence-electron chi connectivity index (χ0n) is 14.2. The topological polar surface area (TPSA) is 82.5 Å². The molecule has 7 heteroatoms. The van der Waals surface area contributed by atoms with Gasteiger partial charge in [0.25, 0.3) is 5.91 Å². The van der Waals surface area contributed by atoms with Gasteiger partial charge in [0.1, 0.15) is 0 Å². The molecule has 0 radical (unpaired) electrons. The number of amides is 1. The van der Waals surface area contributed by atoms with Crippen molar-refractivity contribution in [2.75, 3.05) is 18.4 Å². The molecule has 0 aliphatic carbocycles. The summed E-state index contributed by atoms with van der Waals surface area (Å²) < 4.78 is 0. The van der Waals surface area contributed by atoms with E-state index in [1.54, 1.807) is 36.7 Å². The van der Waals surface area contributed by atoms with Crippen LogP contribution in [0.25, 0.3) is 0 Å². The number of anilines is 1. The molecule has 1 saturated heterocycles. The number of halogens is 1. The number of carbonyl (C=O) groups excluding carboxylic acids is 1. The Balaban J connectivity index is 1.59. The van der Waals surface area contributed by atoms with Crippen LogP contribution in [0.1, 0.15) is 28.8 Å². The molecule has 0 unspecified atom stereocenters. The van der Waals surface area contributed by atoms with Gasteiger partial charge in [-0.25, -0.2) is 0 Å². The number of benzene rings is 1. The van der Waals surface area contributed by atoms with Crippen LogP contribution in [0, 0.1) is 5.92 Å². The molecule has 1 aromatic heterocycles. The van der Waals surface area contributed by atoms with Crippen LogP contribution in [0.5, 0.6) is 0 Å². The number of pyridine rings is 1. The second kappa shape index (κ2) is 8.29. The number of piperidine rings is 1. The first-order valence-corrected chi connectivity index (χ1v) is 8.85. The molecule has 2 heterocycles. The fraction of sp³-hybridized carbons (Fsp3) is 0.316. The lowest BCUT2D eigenvalue weighted by molar-refractivity contribution is -0.143. The zero-order valence-corrected chi connectivity index (χ0v) is 14.9. The second-order valence-electron chi connectivity index (χ2n) is 6.43. The standard InChI is InChI=1S/C19H20ClN3O3/c20-16-3-1-14(2-4-16)18(24)22-17-9-13(10-21-11-17)12-23-7-5-15(6-8-23)19(25)26/h1-4,9-11,15H,5-8,12H2,(H,22,24)(H,25,26). The van der Waals surface area contributed by atoms with Crippen molar-refractivity contribution in [1.29, 1.82) is 0 Å². The van der Waals surface area contributed by atoms with Gasteiger partial charge in [-0.2, -0.15) is 0 Å². The Morgan fingerprint density at radius 3 is 2.54 bits per heavy atom. The SMILES string of the molecule is O=C(Nc1cncc(CN2CCC(C(=O)O)CC2)c1)c1ccc(Cl)cc1. The molecule has 2 aromatic rings. The van der Waals surface area contributed by atoms with Gasteiger partial charge >= 0.3 is 5.97 Å². The predicted octanol–water partition coefficient (Wildman–Crippen LogP) is 3.28. The molecule has 0 bridgehead atoms. The third kappa shape index (κ3) is 4.80. The van der Waals surface area contributed by atoms with E-state index in [1.807, 2.05) is 6.07 Å². The number of aromatic nitrogens is 1. The first kappa shape index (κ1) is 18.4. The van der Waals surface area contributed by atoms with Crippen molar-refractivity contribution in [3.05, 3.63) is 58.9 Å². The maximum absolute atomic E-state index is 12.3. The summed E-state index contributed by atoms with van der Waals surface area (Å²) in [7, 11) is 0. The molecule has 0 atom stereocenters. The van der Waals surface area contributed by atoms with E-state index in [0.717, 1.165) is 18.7 Å². The number of hydrogen-bond acceptors (Lipinski definition) is 4. The smallest absolute Gasteiger partial charge is 0.306 e. The summed E-state index contributed by atoms with van der Waals surface area (Å²) in [6, 6.07) is 8.57. The predicted molar refractivity (Wildman–Crippen MR) is 99.3 cm³/mol. The number of carbonyl (C=O) groups is 2. The third-order valence-electron chi connectivity index (χ3n) is 4.50. The van der Waals surface area contributed by atoms with Crippen molar-refractivity contribution < 1.29 is 14.7 Å². The van der Waals surface area contributed by atoms with Gasteiger partial charge in [0.15, 0.2) is 0 Å². The van der Waals surface area contributed by atoms with Crippen LogP contribution in [0.2, 0.25) is 5.02 Å². The van der Waals surface area contributed by atoms with Crippen molar-refractivity contribution in [3.8, 4) is 0 Å². The van der Waals surface area contributed by atoms with Crippen LogP contribution in [0.3, 0.4) is 0 Å². The molecule has 1 aliphatic rings. The van der Waals surface area contributed by atoms with Gasteiger partial charge in [-0.3, -0.25) is 19.5 Å². The minimum atomic E-state index is -0.710. The quantitative estimate of drug-likeness (QED) is 0.840. The molecular weight excluding hydrogens is 354 g/mol. The van der Waals surface area contributed by atoms with Crippen LogP contribution < -0.4 is 5.32 Å². The molecule has 0 saturated carbocycles. The maximum atomic E-state index is 12.3. The van der Waals surface area contributed by atoms with Crippen molar-refractivity contribution in [3.63, 3.8) is 0 Å². The lowest BCUT2D eigenvalue weighted by Gasteiger charge is -2.29. The number of aliphatic carboxylic acids is 1. The van der Waals surface area contributed by atoms with Crippen LogP contribution in [-0.4, -0.2) is 40.0 Å². The number of hydrogen-bond donors (Lipinski definition) is 2. The number of nitrogens with zero attached hydrogens (tertiary/aromatic N) is 2. The number of likely N-dealkylation sites (tertiary alicyclic amines) is 1. The average molecular weight is 374 g/mol. The lowest BCUT2D eigenvalue weighted by Crippen LogP contribution is -2.35. The Bertz CT molecular complexity index is 787. The van der Waals surface area contributed by atoms with E-state index < -0.39 is 5.97 Å². The van der Waals surface area contributed by atoms with Gasteiger partial charge in [-0.05, 0) is 61.8 Å². The maximum Gasteiger partial charge on any atom is 0.306 e. The highest BCUT2D eigenvalue weighted by Gasteiger charge is 2.24. The Kier molecular flexibility index (Phi) is 5.85. The summed E-state index contributed by atoms with van der Waals surface area (Å²) in [5, 5.41) is 12.5. The molecule has 6 nitrogen and oxygen atoms in total. The first-order valence-electron chi connectivity index (χ1n) is 8.47. The van der Waals surface area contributed by atoms with E-state index >= 15 is 0 Å². The zero-order chi connectivity index (χ0) is 18.5. The van der Waals surface area contributed by atoms with Gasteiger partial charge in [0.05, 0.1) is 17.8 Å². The molecule has 1 fully saturated rings. The summed E-state index contributed by atoms with van der Waals surface area (Å²) in [6.07, 6.45) is 4.70. The van der Waals surface area contributed by atoms with Crippen LogP contribution in [0.4, 0.5) is 5.69 Å². The highest BCUT2D eigenvalue weighted by molar-refractivity contribution is 6.30. The summed E-state index contributed by atoms with van der Waals surface area (Å²) in [6.45, 7) is 2.18. The fourth-order valence-electron chi connectivity index (χ4n) is 3.04. The van der Waals surface area contributed by atoms with E-state index in [-0.39, 0.29) is 11.8 Å². The normalized spacial score (nSPS) is 15.6. The van der Waals surface area contributed by atoms with Crippen LogP contribution in [0.15, 0.2) is 42.7 Å². The summed E-state index contributed by atoms with van der Waals surface area (Å²) in [5.41, 5.74) is 2.13. The van der Waals surface area contributed by atoms with Gasteiger partial charge < -0.3 is 10.4 Å². The number of nitrogens with one attached hydrogen (secondary N) is 1. The molecule has 1 amide bonds. The average Bonchev–Trinajstić information content (AvgIpc) is 2.63. The van der Waals surface area contributed by atoms with Gasteiger partial charge in [-0.15, -0.1) is 0 Å². The number of carboxylic acids is 1. The first-order chi connectivity index (χ1) is 12.5. The fourth-order valence-corrected chi connectivity index (χ4v) is 3.17. The molecule has 1 aromatic carbocycles. The van der Waals surface area contributed by atoms with E-state index in [2.05, 4.69) is 15.2 Å². The Labute approximate surface area is 156 Å². The van der Waals surface area contributed by atoms with E-state index in [9.17, 15) is 9.59 Å². The second-order valence-corrected chi connectivity index (χ2v) is 6.87. The van der Waals surface area contributed by atoms with E-state index in [4.69, 9.17) is 16.7 Å².